The summed E-state index contributed by atoms with van der Waals surface area (Å²) < 4.78 is 39.0. The minimum absolute atomic E-state index is 0.0449. The zero-order valence-corrected chi connectivity index (χ0v) is 12.6. The van der Waals surface area contributed by atoms with E-state index in [1.807, 2.05) is 0 Å². The summed E-state index contributed by atoms with van der Waals surface area (Å²) in [6.45, 7) is -0.0449. The van der Waals surface area contributed by atoms with Crippen LogP contribution in [0.25, 0.3) is 5.70 Å². The van der Waals surface area contributed by atoms with E-state index in [2.05, 4.69) is 15.0 Å². The molecule has 0 atom stereocenters. The molecular weight excluding hydrogens is 321 g/mol. The van der Waals surface area contributed by atoms with Crippen molar-refractivity contribution in [1.29, 1.82) is 0 Å². The minimum Gasteiger partial charge on any atom is -0.288 e. The van der Waals surface area contributed by atoms with Crippen LogP contribution in [0.4, 0.5) is 13.2 Å². The van der Waals surface area contributed by atoms with E-state index in [1.54, 1.807) is 6.07 Å². The van der Waals surface area contributed by atoms with Crippen molar-refractivity contribution >= 4 is 11.5 Å². The molecule has 0 amide bonds. The van der Waals surface area contributed by atoms with Gasteiger partial charge in [-0.15, -0.1) is 0 Å². The van der Waals surface area contributed by atoms with Crippen molar-refractivity contribution in [2.75, 3.05) is 13.6 Å². The van der Waals surface area contributed by atoms with Gasteiger partial charge in [0.05, 0.1) is 16.6 Å². The lowest BCUT2D eigenvalue weighted by Crippen LogP contribution is -2.32. The van der Waals surface area contributed by atoms with Gasteiger partial charge in [0.15, 0.2) is 0 Å². The summed E-state index contributed by atoms with van der Waals surface area (Å²) in [6.07, 6.45) is -1.50. The molecule has 0 unspecified atom stereocenters. The maximum absolute atomic E-state index is 13.0. The Kier molecular flexibility index (Phi) is 4.06. The Hall–Kier alpha value is -2.74. The van der Waals surface area contributed by atoms with Crippen LogP contribution in [0, 0.1) is 0 Å². The first kappa shape index (κ1) is 16.1. The topological polar surface area (TPSA) is 61.1 Å². The van der Waals surface area contributed by atoms with Crippen molar-refractivity contribution in [3.63, 3.8) is 0 Å². The van der Waals surface area contributed by atoms with E-state index in [9.17, 15) is 18.4 Å². The predicted molar refractivity (Wildman–Crippen MR) is 80.8 cm³/mol. The van der Waals surface area contributed by atoms with Gasteiger partial charge in [0, 0.05) is 30.2 Å². The van der Waals surface area contributed by atoms with E-state index in [0.29, 0.717) is 16.4 Å². The van der Waals surface area contributed by atoms with Gasteiger partial charge in [-0.3, -0.25) is 15.2 Å². The molecule has 124 valence electrons. The summed E-state index contributed by atoms with van der Waals surface area (Å²) in [6, 6.07) is 6.39. The third kappa shape index (κ3) is 3.00. The van der Waals surface area contributed by atoms with Gasteiger partial charge in [-0.05, 0) is 18.2 Å². The minimum atomic E-state index is -4.47. The van der Waals surface area contributed by atoms with Crippen molar-refractivity contribution in [1.82, 2.24) is 10.0 Å². The molecule has 0 fully saturated rings. The maximum Gasteiger partial charge on any atom is 0.416 e. The van der Waals surface area contributed by atoms with Crippen LogP contribution in [0.15, 0.2) is 52.7 Å². The van der Waals surface area contributed by atoms with E-state index >= 15 is 0 Å². The molecule has 3 rings (SSSR count). The third-order valence-electron chi connectivity index (χ3n) is 3.57. The zero-order chi connectivity index (χ0) is 17.3. The van der Waals surface area contributed by atoms with E-state index in [4.69, 9.17) is 0 Å². The van der Waals surface area contributed by atoms with Crippen LogP contribution < -0.4 is 10.6 Å². The number of hydrogen-bond donors (Lipinski definition) is 1. The van der Waals surface area contributed by atoms with E-state index in [-0.39, 0.29) is 17.8 Å². The molecule has 0 saturated carbocycles. The van der Waals surface area contributed by atoms with Crippen LogP contribution in [0.5, 0.6) is 0 Å². The average molecular weight is 334 g/mol. The SMILES string of the molecule is CN=C1CN(O)C(c2cccc(C(F)(F)F)c2)=c2cnccc2=N1. The highest BCUT2D eigenvalue weighted by Crippen LogP contribution is 2.31. The Labute approximate surface area is 135 Å². The van der Waals surface area contributed by atoms with E-state index < -0.39 is 11.7 Å². The smallest absolute Gasteiger partial charge is 0.288 e. The van der Waals surface area contributed by atoms with Gasteiger partial charge >= 0.3 is 6.18 Å². The second-order valence-electron chi connectivity index (χ2n) is 5.13. The number of halogens is 3. The zero-order valence-electron chi connectivity index (χ0n) is 12.6. The average Bonchev–Trinajstić information content (AvgIpc) is 2.69. The Bertz CT molecular complexity index is 921. The fourth-order valence-electron chi connectivity index (χ4n) is 2.46. The number of nitrogens with zero attached hydrogens (tertiary/aromatic N) is 4. The number of alkyl halides is 3. The monoisotopic (exact) mass is 334 g/mol. The number of aromatic nitrogens is 1. The van der Waals surface area contributed by atoms with Crippen molar-refractivity contribution in [3.05, 3.63) is 64.4 Å². The summed E-state index contributed by atoms with van der Waals surface area (Å²) in [4.78, 5) is 12.3. The van der Waals surface area contributed by atoms with Crippen molar-refractivity contribution in [2.24, 2.45) is 9.98 Å². The largest absolute Gasteiger partial charge is 0.416 e. The summed E-state index contributed by atoms with van der Waals surface area (Å²) in [5.74, 6) is 0.354. The molecule has 2 aromatic rings. The lowest BCUT2D eigenvalue weighted by atomic mass is 10.1. The van der Waals surface area contributed by atoms with Gasteiger partial charge in [0.1, 0.15) is 12.4 Å². The third-order valence-corrected chi connectivity index (χ3v) is 3.57. The van der Waals surface area contributed by atoms with Gasteiger partial charge in [-0.1, -0.05) is 12.1 Å². The van der Waals surface area contributed by atoms with Gasteiger partial charge in [-0.25, -0.2) is 10.1 Å². The number of amidine groups is 1. The second kappa shape index (κ2) is 6.04. The van der Waals surface area contributed by atoms with Crippen molar-refractivity contribution in [2.45, 2.75) is 6.18 Å². The Morgan fingerprint density at radius 3 is 2.75 bits per heavy atom. The molecule has 1 aromatic carbocycles. The molecule has 2 heterocycles. The fourth-order valence-corrected chi connectivity index (χ4v) is 2.46. The molecule has 0 bridgehead atoms. The van der Waals surface area contributed by atoms with Crippen molar-refractivity contribution in [3.8, 4) is 0 Å². The molecule has 1 aromatic heterocycles. The molecule has 1 aliphatic rings. The molecule has 0 radical (unpaired) electrons. The number of hydroxylamine groups is 2. The molecule has 1 N–H and O–H groups in total. The van der Waals surface area contributed by atoms with E-state index in [1.165, 1.54) is 31.6 Å². The highest BCUT2D eigenvalue weighted by Gasteiger charge is 2.31. The first-order valence-electron chi connectivity index (χ1n) is 7.03. The predicted octanol–water partition coefficient (Wildman–Crippen LogP) is 1.61. The number of rotatable bonds is 1. The molecule has 0 aliphatic carbocycles. The van der Waals surface area contributed by atoms with E-state index in [0.717, 1.165) is 17.2 Å². The molecule has 8 heteroatoms. The lowest BCUT2D eigenvalue weighted by molar-refractivity contribution is -0.137. The molecule has 1 aliphatic heterocycles. The standard InChI is InChI=1S/C16H13F3N4O/c1-20-14-9-23(24)15(12-8-21-6-5-13(12)22-14)10-3-2-4-11(7-10)16(17,18)19/h2-8,24H,9H2,1H3. The second-order valence-corrected chi connectivity index (χ2v) is 5.13. The number of hydrogen-bond acceptors (Lipinski definition) is 4. The molecule has 0 saturated heterocycles. The lowest BCUT2D eigenvalue weighted by Gasteiger charge is -2.20. The maximum atomic E-state index is 13.0. The van der Waals surface area contributed by atoms with Gasteiger partial charge in [-0.2, -0.15) is 13.2 Å². The summed E-state index contributed by atoms with van der Waals surface area (Å²) in [7, 11) is 1.53. The number of fused-ring (bicyclic) bond motifs is 1. The molecule has 5 nitrogen and oxygen atoms in total. The Morgan fingerprint density at radius 1 is 1.25 bits per heavy atom. The Balaban J connectivity index is 2.32. The van der Waals surface area contributed by atoms with Crippen LogP contribution in [0.2, 0.25) is 0 Å². The number of benzene rings is 1. The number of pyridine rings is 1. The molecular formula is C16H13F3N4O. The van der Waals surface area contributed by atoms with Gasteiger partial charge < -0.3 is 0 Å². The summed E-state index contributed by atoms with van der Waals surface area (Å²) in [5, 5.41) is 12.1. The van der Waals surface area contributed by atoms with Gasteiger partial charge in [0.25, 0.3) is 0 Å². The summed E-state index contributed by atoms with van der Waals surface area (Å²) >= 11 is 0. The highest BCUT2D eigenvalue weighted by atomic mass is 19.4. The quantitative estimate of drug-likeness (QED) is 0.862. The molecule has 24 heavy (non-hydrogen) atoms. The normalized spacial score (nSPS) is 16.6. The van der Waals surface area contributed by atoms with Crippen LogP contribution in [-0.4, -0.2) is 34.7 Å². The van der Waals surface area contributed by atoms with Gasteiger partial charge in [0.2, 0.25) is 0 Å². The first-order chi connectivity index (χ1) is 11.4. The number of aliphatic imine (C=N–C) groups is 1. The van der Waals surface area contributed by atoms with Crippen molar-refractivity contribution < 1.29 is 18.4 Å². The Morgan fingerprint density at radius 2 is 2.04 bits per heavy atom. The van der Waals surface area contributed by atoms with Crippen LogP contribution in [-0.2, 0) is 6.18 Å². The summed E-state index contributed by atoms with van der Waals surface area (Å²) in [5.41, 5.74) is -0.377. The first-order valence-corrected chi connectivity index (χ1v) is 7.03. The molecule has 0 spiro atoms. The van der Waals surface area contributed by atoms with Crippen LogP contribution in [0.1, 0.15) is 11.1 Å². The van der Waals surface area contributed by atoms with Crippen LogP contribution >= 0.6 is 0 Å². The fraction of sp³-hybridized carbons (Fsp3) is 0.188. The van der Waals surface area contributed by atoms with Crippen LogP contribution in [0.3, 0.4) is 0 Å². The highest BCUT2D eigenvalue weighted by molar-refractivity contribution is 5.87.